The summed E-state index contributed by atoms with van der Waals surface area (Å²) < 4.78 is 5.07. The van der Waals surface area contributed by atoms with Crippen LogP contribution < -0.4 is 4.74 Å². The molecule has 3 heteroatoms. The van der Waals surface area contributed by atoms with E-state index in [1.165, 1.54) is 5.56 Å². The second kappa shape index (κ2) is 2.52. The fourth-order valence-electron chi connectivity index (χ4n) is 1.23. The van der Waals surface area contributed by atoms with Gasteiger partial charge in [0.1, 0.15) is 11.4 Å². The molecule has 0 aliphatic carbocycles. The Bertz CT molecular complexity index is 406. The van der Waals surface area contributed by atoms with Gasteiger partial charge in [-0.1, -0.05) is 0 Å². The van der Waals surface area contributed by atoms with E-state index in [1.54, 1.807) is 13.3 Å². The average molecular weight is 162 g/mol. The number of aromatic amines is 1. The highest BCUT2D eigenvalue weighted by Gasteiger charge is 2.01. The first-order valence-corrected chi connectivity index (χ1v) is 3.79. The number of methoxy groups -OCH3 is 1. The lowest BCUT2D eigenvalue weighted by molar-refractivity contribution is 0.413. The van der Waals surface area contributed by atoms with Crippen molar-refractivity contribution in [3.05, 3.63) is 24.0 Å². The largest absolute Gasteiger partial charge is 0.495 e. The molecule has 0 aromatic carbocycles. The van der Waals surface area contributed by atoms with Crippen LogP contribution in [0.5, 0.6) is 5.75 Å². The molecule has 0 bridgehead atoms. The minimum absolute atomic E-state index is 0.796. The number of fused-ring (bicyclic) bond motifs is 1. The molecule has 2 heterocycles. The highest BCUT2D eigenvalue weighted by Crippen LogP contribution is 2.19. The molecule has 2 aromatic heterocycles. The van der Waals surface area contributed by atoms with Crippen molar-refractivity contribution in [2.45, 2.75) is 6.92 Å². The topological polar surface area (TPSA) is 37.9 Å². The van der Waals surface area contributed by atoms with Crippen molar-refractivity contribution >= 4 is 11.0 Å². The average Bonchev–Trinajstić information content (AvgIpc) is 2.47. The molecule has 0 fully saturated rings. The van der Waals surface area contributed by atoms with Crippen LogP contribution in [0.15, 0.2) is 18.5 Å². The molecular weight excluding hydrogens is 152 g/mol. The molecule has 0 unspecified atom stereocenters. The van der Waals surface area contributed by atoms with E-state index in [2.05, 4.69) is 9.97 Å². The van der Waals surface area contributed by atoms with Crippen LogP contribution >= 0.6 is 0 Å². The molecule has 2 aromatic rings. The van der Waals surface area contributed by atoms with Crippen LogP contribution in [0.1, 0.15) is 5.56 Å². The number of H-pyrrole nitrogens is 1. The van der Waals surface area contributed by atoms with E-state index < -0.39 is 0 Å². The summed E-state index contributed by atoms with van der Waals surface area (Å²) in [5.74, 6) is 0.796. The molecule has 0 aliphatic rings. The number of hydrogen-bond donors (Lipinski definition) is 1. The van der Waals surface area contributed by atoms with E-state index in [4.69, 9.17) is 4.74 Å². The van der Waals surface area contributed by atoms with Gasteiger partial charge in [-0.05, 0) is 18.6 Å². The molecule has 0 spiro atoms. The third-order valence-corrected chi connectivity index (χ3v) is 1.95. The van der Waals surface area contributed by atoms with E-state index in [9.17, 15) is 0 Å². The molecule has 0 atom stereocenters. The van der Waals surface area contributed by atoms with Gasteiger partial charge in [0, 0.05) is 11.6 Å². The number of nitrogens with one attached hydrogen (secondary N) is 1. The summed E-state index contributed by atoms with van der Waals surface area (Å²) in [6.07, 6.45) is 3.65. The molecule has 62 valence electrons. The number of hydrogen-bond acceptors (Lipinski definition) is 2. The Hall–Kier alpha value is -1.51. The Morgan fingerprint density at radius 3 is 3.08 bits per heavy atom. The van der Waals surface area contributed by atoms with Gasteiger partial charge in [-0.2, -0.15) is 0 Å². The van der Waals surface area contributed by atoms with Crippen LogP contribution in [0.2, 0.25) is 0 Å². The van der Waals surface area contributed by atoms with E-state index in [0.717, 1.165) is 16.8 Å². The lowest BCUT2D eigenvalue weighted by Gasteiger charge is -1.97. The molecule has 12 heavy (non-hydrogen) atoms. The van der Waals surface area contributed by atoms with Crippen molar-refractivity contribution in [3.8, 4) is 5.75 Å². The van der Waals surface area contributed by atoms with Crippen molar-refractivity contribution in [1.29, 1.82) is 0 Å². The van der Waals surface area contributed by atoms with Crippen LogP contribution in [0.3, 0.4) is 0 Å². The summed E-state index contributed by atoms with van der Waals surface area (Å²) in [7, 11) is 1.64. The summed E-state index contributed by atoms with van der Waals surface area (Å²) >= 11 is 0. The lowest BCUT2D eigenvalue weighted by Crippen LogP contribution is -1.84. The smallest absolute Gasteiger partial charge is 0.137 e. The zero-order valence-electron chi connectivity index (χ0n) is 7.09. The number of rotatable bonds is 1. The van der Waals surface area contributed by atoms with E-state index in [-0.39, 0.29) is 0 Å². The predicted octanol–water partition coefficient (Wildman–Crippen LogP) is 1.88. The Labute approximate surface area is 70.4 Å². The first-order chi connectivity index (χ1) is 5.81. The van der Waals surface area contributed by atoms with Crippen LogP contribution in [-0.2, 0) is 0 Å². The third kappa shape index (κ3) is 0.942. The van der Waals surface area contributed by atoms with Gasteiger partial charge in [0.05, 0.1) is 13.3 Å². The summed E-state index contributed by atoms with van der Waals surface area (Å²) in [6, 6.07) is 1.98. The van der Waals surface area contributed by atoms with Gasteiger partial charge in [-0.15, -0.1) is 0 Å². The molecule has 0 saturated heterocycles. The SMILES string of the molecule is COc1cnc2[nH]cc(C)c2c1. The van der Waals surface area contributed by atoms with Crippen molar-refractivity contribution in [1.82, 2.24) is 9.97 Å². The number of aryl methyl sites for hydroxylation is 1. The molecule has 0 saturated carbocycles. The van der Waals surface area contributed by atoms with Crippen LogP contribution in [0.25, 0.3) is 11.0 Å². The summed E-state index contributed by atoms with van der Waals surface area (Å²) in [5, 5.41) is 1.12. The maximum absolute atomic E-state index is 5.07. The maximum Gasteiger partial charge on any atom is 0.137 e. The molecular formula is C9H10N2O. The van der Waals surface area contributed by atoms with Crippen molar-refractivity contribution in [2.75, 3.05) is 7.11 Å². The van der Waals surface area contributed by atoms with Crippen LogP contribution in [-0.4, -0.2) is 17.1 Å². The van der Waals surface area contributed by atoms with Crippen molar-refractivity contribution in [2.24, 2.45) is 0 Å². The van der Waals surface area contributed by atoms with E-state index >= 15 is 0 Å². The lowest BCUT2D eigenvalue weighted by atomic mass is 10.2. The quantitative estimate of drug-likeness (QED) is 0.695. The van der Waals surface area contributed by atoms with Crippen molar-refractivity contribution < 1.29 is 4.74 Å². The minimum atomic E-state index is 0.796. The fraction of sp³-hybridized carbons (Fsp3) is 0.222. The molecule has 0 radical (unpaired) electrons. The monoisotopic (exact) mass is 162 g/mol. The van der Waals surface area contributed by atoms with Crippen molar-refractivity contribution in [3.63, 3.8) is 0 Å². The Balaban J connectivity index is 2.71. The number of nitrogens with zero attached hydrogens (tertiary/aromatic N) is 1. The van der Waals surface area contributed by atoms with Gasteiger partial charge in [0.2, 0.25) is 0 Å². The Morgan fingerprint density at radius 2 is 2.33 bits per heavy atom. The van der Waals surface area contributed by atoms with Gasteiger partial charge in [0.15, 0.2) is 0 Å². The Kier molecular flexibility index (Phi) is 1.50. The zero-order valence-corrected chi connectivity index (χ0v) is 7.09. The first-order valence-electron chi connectivity index (χ1n) is 3.79. The predicted molar refractivity (Wildman–Crippen MR) is 47.4 cm³/mol. The van der Waals surface area contributed by atoms with Gasteiger partial charge in [-0.25, -0.2) is 4.98 Å². The van der Waals surface area contributed by atoms with E-state index in [0.29, 0.717) is 0 Å². The third-order valence-electron chi connectivity index (χ3n) is 1.95. The Morgan fingerprint density at radius 1 is 1.50 bits per heavy atom. The first kappa shape index (κ1) is 7.16. The molecule has 1 N–H and O–H groups in total. The molecule has 0 aliphatic heterocycles. The number of ether oxygens (including phenoxy) is 1. The highest BCUT2D eigenvalue weighted by atomic mass is 16.5. The summed E-state index contributed by atoms with van der Waals surface area (Å²) in [5.41, 5.74) is 2.10. The van der Waals surface area contributed by atoms with Gasteiger partial charge >= 0.3 is 0 Å². The molecule has 3 nitrogen and oxygen atoms in total. The van der Waals surface area contributed by atoms with Gasteiger partial charge in [0.25, 0.3) is 0 Å². The molecule has 2 rings (SSSR count). The van der Waals surface area contributed by atoms with Crippen LogP contribution in [0, 0.1) is 6.92 Å². The normalized spacial score (nSPS) is 10.5. The summed E-state index contributed by atoms with van der Waals surface area (Å²) in [6.45, 7) is 2.04. The standard InChI is InChI=1S/C9H10N2O/c1-6-4-10-9-8(6)3-7(12-2)5-11-9/h3-5H,1-2H3,(H,10,11). The number of pyridine rings is 1. The highest BCUT2D eigenvalue weighted by molar-refractivity contribution is 5.80. The number of aromatic nitrogens is 2. The van der Waals surface area contributed by atoms with E-state index in [1.807, 2.05) is 19.2 Å². The van der Waals surface area contributed by atoms with Gasteiger partial charge < -0.3 is 9.72 Å². The maximum atomic E-state index is 5.07. The second-order valence-electron chi connectivity index (χ2n) is 2.74. The van der Waals surface area contributed by atoms with Gasteiger partial charge in [-0.3, -0.25) is 0 Å². The minimum Gasteiger partial charge on any atom is -0.495 e. The second-order valence-corrected chi connectivity index (χ2v) is 2.74. The summed E-state index contributed by atoms with van der Waals surface area (Å²) in [4.78, 5) is 7.26. The zero-order chi connectivity index (χ0) is 8.55. The fourth-order valence-corrected chi connectivity index (χ4v) is 1.23. The molecule has 0 amide bonds. The van der Waals surface area contributed by atoms with Crippen LogP contribution in [0.4, 0.5) is 0 Å².